The van der Waals surface area contributed by atoms with Crippen molar-refractivity contribution in [2.24, 2.45) is 0 Å². The number of hydrogen-bond acceptors (Lipinski definition) is 2. The average molecular weight is 236 g/mol. The monoisotopic (exact) mass is 236 g/mol. The van der Waals surface area contributed by atoms with E-state index in [0.29, 0.717) is 0 Å². The Bertz CT molecular complexity index is 404. The summed E-state index contributed by atoms with van der Waals surface area (Å²) >= 11 is 0. The van der Waals surface area contributed by atoms with Gasteiger partial charge in [-0.25, -0.2) is 4.79 Å². The van der Waals surface area contributed by atoms with Gasteiger partial charge in [-0.1, -0.05) is 0 Å². The van der Waals surface area contributed by atoms with E-state index in [1.807, 2.05) is 40.1 Å². The normalized spacial score (nSPS) is 10.7. The van der Waals surface area contributed by atoms with Crippen LogP contribution in [-0.4, -0.2) is 37.2 Å². The molecule has 1 rings (SSSR count). The van der Waals surface area contributed by atoms with E-state index < -0.39 is 6.09 Å². The summed E-state index contributed by atoms with van der Waals surface area (Å²) in [5, 5.41) is 8.95. The van der Waals surface area contributed by atoms with Crippen LogP contribution >= 0.6 is 0 Å². The zero-order valence-corrected chi connectivity index (χ0v) is 11.1. The van der Waals surface area contributed by atoms with Crippen molar-refractivity contribution in [3.8, 4) is 0 Å². The van der Waals surface area contributed by atoms with Crippen molar-refractivity contribution in [1.29, 1.82) is 0 Å². The minimum absolute atomic E-state index is 0.718. The van der Waals surface area contributed by atoms with Crippen LogP contribution in [0.1, 0.15) is 16.7 Å². The lowest BCUT2D eigenvalue weighted by Gasteiger charge is -2.19. The van der Waals surface area contributed by atoms with Gasteiger partial charge < -0.3 is 10.0 Å². The topological polar surface area (TPSA) is 43.8 Å². The number of hydrogen-bond donors (Lipinski definition) is 1. The molecule has 1 amide bonds. The third-order valence-electron chi connectivity index (χ3n) is 2.83. The third-order valence-corrected chi connectivity index (χ3v) is 2.83. The zero-order chi connectivity index (χ0) is 13.2. The fraction of sp³-hybridized carbons (Fsp3) is 0.462. The smallest absolute Gasteiger partial charge is 0.411 e. The van der Waals surface area contributed by atoms with E-state index in [4.69, 9.17) is 5.11 Å². The predicted octanol–water partition coefficient (Wildman–Crippen LogP) is 2.48. The van der Waals surface area contributed by atoms with Gasteiger partial charge in [-0.2, -0.15) is 0 Å². The van der Waals surface area contributed by atoms with Crippen molar-refractivity contribution < 1.29 is 9.90 Å². The summed E-state index contributed by atoms with van der Waals surface area (Å²) in [6.07, 6.45) is -0.941. The minimum Gasteiger partial charge on any atom is -0.465 e. The highest BCUT2D eigenvalue weighted by Gasteiger charge is 2.12. The van der Waals surface area contributed by atoms with Crippen LogP contribution in [0, 0.1) is 13.8 Å². The van der Waals surface area contributed by atoms with Gasteiger partial charge in [-0.05, 0) is 56.8 Å². The second kappa shape index (κ2) is 5.19. The molecule has 0 fully saturated rings. The van der Waals surface area contributed by atoms with Crippen LogP contribution < -0.4 is 4.90 Å². The summed E-state index contributed by atoms with van der Waals surface area (Å²) in [6.45, 7) is 4.91. The molecule has 1 aromatic carbocycles. The van der Waals surface area contributed by atoms with Crippen molar-refractivity contribution in [1.82, 2.24) is 4.90 Å². The molecule has 94 valence electrons. The third kappa shape index (κ3) is 3.20. The predicted molar refractivity (Wildman–Crippen MR) is 69.7 cm³/mol. The largest absolute Gasteiger partial charge is 0.465 e. The Kier molecular flexibility index (Phi) is 4.12. The molecule has 0 aromatic heterocycles. The van der Waals surface area contributed by atoms with Crippen LogP contribution in [0.15, 0.2) is 12.1 Å². The Labute approximate surface area is 102 Å². The van der Waals surface area contributed by atoms with Gasteiger partial charge in [0, 0.05) is 19.3 Å². The second-order valence-electron chi connectivity index (χ2n) is 4.64. The van der Waals surface area contributed by atoms with Crippen LogP contribution in [0.25, 0.3) is 0 Å². The highest BCUT2D eigenvalue weighted by Crippen LogP contribution is 2.23. The molecule has 0 aliphatic heterocycles. The fourth-order valence-electron chi connectivity index (χ4n) is 1.84. The lowest BCUT2D eigenvalue weighted by Crippen LogP contribution is -2.24. The molecule has 17 heavy (non-hydrogen) atoms. The van der Waals surface area contributed by atoms with Gasteiger partial charge in [0.15, 0.2) is 0 Å². The van der Waals surface area contributed by atoms with Crippen LogP contribution in [0.4, 0.5) is 10.5 Å². The maximum atomic E-state index is 10.9. The first-order chi connectivity index (χ1) is 7.82. The Hall–Kier alpha value is -1.55. The molecular weight excluding hydrogens is 216 g/mol. The molecule has 0 bridgehead atoms. The number of aryl methyl sites for hydroxylation is 2. The molecule has 0 spiro atoms. The average Bonchev–Trinajstić information content (AvgIpc) is 2.21. The first-order valence-electron chi connectivity index (χ1n) is 5.54. The Morgan fingerprint density at radius 2 is 1.65 bits per heavy atom. The SMILES string of the molecule is Cc1cc(N(C)C(=O)O)cc(C)c1CN(C)C. The van der Waals surface area contributed by atoms with E-state index in [9.17, 15) is 4.79 Å². The number of amides is 1. The molecule has 0 aliphatic carbocycles. The molecule has 4 nitrogen and oxygen atoms in total. The summed E-state index contributed by atoms with van der Waals surface area (Å²) in [4.78, 5) is 14.2. The number of rotatable bonds is 3. The van der Waals surface area contributed by atoms with E-state index in [2.05, 4.69) is 4.90 Å². The van der Waals surface area contributed by atoms with Crippen molar-refractivity contribution in [2.75, 3.05) is 26.0 Å². The van der Waals surface area contributed by atoms with Crippen LogP contribution in [0.3, 0.4) is 0 Å². The van der Waals surface area contributed by atoms with Gasteiger partial charge in [-0.3, -0.25) is 4.90 Å². The van der Waals surface area contributed by atoms with Gasteiger partial charge in [0.25, 0.3) is 0 Å². The van der Waals surface area contributed by atoms with E-state index in [1.165, 1.54) is 10.5 Å². The number of carboxylic acid groups (broad SMARTS) is 1. The van der Waals surface area contributed by atoms with Crippen LogP contribution in [-0.2, 0) is 6.54 Å². The first-order valence-corrected chi connectivity index (χ1v) is 5.54. The lowest BCUT2D eigenvalue weighted by molar-refractivity contribution is 0.203. The molecule has 1 aromatic rings. The number of nitrogens with zero attached hydrogens (tertiary/aromatic N) is 2. The summed E-state index contributed by atoms with van der Waals surface area (Å²) < 4.78 is 0. The molecule has 0 heterocycles. The number of carbonyl (C=O) groups is 1. The Balaban J connectivity index is 3.13. The van der Waals surface area contributed by atoms with Gasteiger partial charge in [0.1, 0.15) is 0 Å². The first kappa shape index (κ1) is 13.5. The van der Waals surface area contributed by atoms with E-state index in [0.717, 1.165) is 23.4 Å². The molecule has 0 radical (unpaired) electrons. The van der Waals surface area contributed by atoms with Gasteiger partial charge >= 0.3 is 6.09 Å². The lowest BCUT2D eigenvalue weighted by atomic mass is 10.0. The highest BCUT2D eigenvalue weighted by molar-refractivity contribution is 5.85. The van der Waals surface area contributed by atoms with Gasteiger partial charge in [0.05, 0.1) is 0 Å². The van der Waals surface area contributed by atoms with Crippen LogP contribution in [0.2, 0.25) is 0 Å². The van der Waals surface area contributed by atoms with Crippen LogP contribution in [0.5, 0.6) is 0 Å². The fourth-order valence-corrected chi connectivity index (χ4v) is 1.84. The minimum atomic E-state index is -0.941. The van der Waals surface area contributed by atoms with E-state index in [-0.39, 0.29) is 0 Å². The zero-order valence-electron chi connectivity index (χ0n) is 11.1. The summed E-state index contributed by atoms with van der Waals surface area (Å²) in [7, 11) is 5.61. The number of benzene rings is 1. The molecule has 0 aliphatic rings. The van der Waals surface area contributed by atoms with E-state index >= 15 is 0 Å². The summed E-state index contributed by atoms with van der Waals surface area (Å²) in [6, 6.07) is 3.83. The molecule has 0 atom stereocenters. The van der Waals surface area contributed by atoms with Crippen molar-refractivity contribution >= 4 is 11.8 Å². The maximum Gasteiger partial charge on any atom is 0.411 e. The van der Waals surface area contributed by atoms with Gasteiger partial charge in [-0.15, -0.1) is 0 Å². The second-order valence-corrected chi connectivity index (χ2v) is 4.64. The maximum absolute atomic E-state index is 10.9. The number of anilines is 1. The van der Waals surface area contributed by atoms with Gasteiger partial charge in [0.2, 0.25) is 0 Å². The molecule has 4 heteroatoms. The standard InChI is InChI=1S/C13H20N2O2/c1-9-6-11(15(5)13(16)17)7-10(2)12(9)8-14(3)4/h6-7H,8H2,1-5H3,(H,16,17). The van der Waals surface area contributed by atoms with E-state index in [1.54, 1.807) is 7.05 Å². The van der Waals surface area contributed by atoms with Crippen molar-refractivity contribution in [2.45, 2.75) is 20.4 Å². The Morgan fingerprint density at radius 1 is 1.18 bits per heavy atom. The summed E-state index contributed by atoms with van der Waals surface area (Å²) in [5.41, 5.74) is 4.23. The Morgan fingerprint density at radius 3 is 2.00 bits per heavy atom. The van der Waals surface area contributed by atoms with Crippen molar-refractivity contribution in [3.63, 3.8) is 0 Å². The summed E-state index contributed by atoms with van der Waals surface area (Å²) in [5.74, 6) is 0. The molecule has 1 N–H and O–H groups in total. The molecule has 0 saturated carbocycles. The molecule has 0 unspecified atom stereocenters. The van der Waals surface area contributed by atoms with Crippen molar-refractivity contribution in [3.05, 3.63) is 28.8 Å². The highest BCUT2D eigenvalue weighted by atomic mass is 16.4. The molecule has 0 saturated heterocycles. The molecular formula is C13H20N2O2. The quantitative estimate of drug-likeness (QED) is 0.876.